The molecule has 0 spiro atoms. The third-order valence-corrected chi connectivity index (χ3v) is 8.32. The predicted molar refractivity (Wildman–Crippen MR) is 170 cm³/mol. The van der Waals surface area contributed by atoms with Crippen molar-refractivity contribution in [2.45, 2.75) is 64.0 Å². The van der Waals surface area contributed by atoms with E-state index in [2.05, 4.69) is 53.1 Å². The van der Waals surface area contributed by atoms with Crippen LogP contribution in [0.4, 0.5) is 10.5 Å². The van der Waals surface area contributed by atoms with Crippen molar-refractivity contribution < 1.29 is 19.5 Å². The van der Waals surface area contributed by atoms with Gasteiger partial charge in [0.1, 0.15) is 0 Å². The molecule has 4 aromatic rings. The molecule has 0 bridgehead atoms. The van der Waals surface area contributed by atoms with E-state index < -0.39 is 5.97 Å². The molecular formula is C36H39N3O4. The summed E-state index contributed by atoms with van der Waals surface area (Å²) in [7, 11) is 0. The Kier molecular flexibility index (Phi) is 9.72. The first-order valence-corrected chi connectivity index (χ1v) is 15.1. The number of benzene rings is 4. The number of fused-ring (bicyclic) bond motifs is 1. The second-order valence-corrected chi connectivity index (χ2v) is 11.4. The minimum Gasteiger partial charge on any atom is -0.481 e. The summed E-state index contributed by atoms with van der Waals surface area (Å²) < 4.78 is 0. The standard InChI is InChI=1S/C36H39N3O4/c1-25(31-16-15-28-9-5-6-10-32(28)23-31)38-36(43)39(33-19-17-29(18-20-33)27-7-3-2-4-8-27)24-26-11-13-30(14-12-26)35(42)37-22-21-34(40)41/h5-6,9-20,23,25,27H,2-4,7-8,21-22,24H2,1H3,(H,37,42)(H,38,43)(H,40,41). The highest BCUT2D eigenvalue weighted by molar-refractivity contribution is 5.95. The molecule has 0 aliphatic heterocycles. The summed E-state index contributed by atoms with van der Waals surface area (Å²) in [5.74, 6) is -0.715. The summed E-state index contributed by atoms with van der Waals surface area (Å²) in [5.41, 5.74) is 4.46. The molecule has 0 aromatic heterocycles. The van der Waals surface area contributed by atoms with Gasteiger partial charge < -0.3 is 15.7 Å². The molecule has 5 rings (SSSR count). The first-order valence-electron chi connectivity index (χ1n) is 15.1. The third kappa shape index (κ3) is 7.80. The predicted octanol–water partition coefficient (Wildman–Crippen LogP) is 7.57. The van der Waals surface area contributed by atoms with Crippen LogP contribution in [-0.4, -0.2) is 29.6 Å². The Morgan fingerprint density at radius 2 is 1.56 bits per heavy atom. The van der Waals surface area contributed by atoms with Gasteiger partial charge in [-0.25, -0.2) is 4.79 Å². The van der Waals surface area contributed by atoms with E-state index in [1.54, 1.807) is 17.0 Å². The van der Waals surface area contributed by atoms with E-state index in [1.807, 2.05) is 43.3 Å². The number of nitrogens with zero attached hydrogens (tertiary/aromatic N) is 1. The van der Waals surface area contributed by atoms with Gasteiger partial charge in [0.15, 0.2) is 0 Å². The summed E-state index contributed by atoms with van der Waals surface area (Å²) in [5, 5.41) is 16.9. The van der Waals surface area contributed by atoms with Gasteiger partial charge in [0.05, 0.1) is 19.0 Å². The van der Waals surface area contributed by atoms with Gasteiger partial charge in [-0.1, -0.05) is 79.9 Å². The highest BCUT2D eigenvalue weighted by atomic mass is 16.4. The fourth-order valence-electron chi connectivity index (χ4n) is 5.80. The molecule has 222 valence electrons. The highest BCUT2D eigenvalue weighted by Crippen LogP contribution is 2.33. The maximum Gasteiger partial charge on any atom is 0.322 e. The number of carboxylic acid groups (broad SMARTS) is 1. The number of aliphatic carboxylic acids is 1. The average Bonchev–Trinajstić information content (AvgIpc) is 3.04. The Labute approximate surface area is 252 Å². The van der Waals surface area contributed by atoms with Gasteiger partial charge in [0.2, 0.25) is 0 Å². The van der Waals surface area contributed by atoms with Crippen LogP contribution in [0.15, 0.2) is 91.0 Å². The molecule has 0 heterocycles. The quantitative estimate of drug-likeness (QED) is 0.181. The van der Waals surface area contributed by atoms with Crippen LogP contribution in [0.3, 0.4) is 0 Å². The molecule has 1 atom stereocenters. The van der Waals surface area contributed by atoms with Crippen LogP contribution in [0.2, 0.25) is 0 Å². The Bertz CT molecular complexity index is 1560. The number of carbonyl (C=O) groups excluding carboxylic acids is 2. The number of carboxylic acids is 1. The molecule has 4 aromatic carbocycles. The second kappa shape index (κ2) is 14.0. The summed E-state index contributed by atoms with van der Waals surface area (Å²) in [4.78, 5) is 38.7. The maximum atomic E-state index is 13.8. The van der Waals surface area contributed by atoms with Gasteiger partial charge >= 0.3 is 12.0 Å². The van der Waals surface area contributed by atoms with Gasteiger partial charge in [-0.2, -0.15) is 0 Å². The lowest BCUT2D eigenvalue weighted by Gasteiger charge is -2.27. The van der Waals surface area contributed by atoms with E-state index in [-0.39, 0.29) is 30.9 Å². The molecule has 7 heteroatoms. The molecular weight excluding hydrogens is 538 g/mol. The molecule has 7 nitrogen and oxygen atoms in total. The van der Waals surface area contributed by atoms with Gasteiger partial charge in [-0.15, -0.1) is 0 Å². The van der Waals surface area contributed by atoms with Gasteiger partial charge in [-0.3, -0.25) is 14.5 Å². The Morgan fingerprint density at radius 3 is 2.26 bits per heavy atom. The molecule has 1 saturated carbocycles. The van der Waals surface area contributed by atoms with Crippen LogP contribution in [0, 0.1) is 0 Å². The Hall–Kier alpha value is -4.65. The third-order valence-electron chi connectivity index (χ3n) is 8.32. The molecule has 1 fully saturated rings. The highest BCUT2D eigenvalue weighted by Gasteiger charge is 2.21. The van der Waals surface area contributed by atoms with E-state index in [4.69, 9.17) is 5.11 Å². The number of amides is 3. The first kappa shape index (κ1) is 29.8. The number of urea groups is 1. The topological polar surface area (TPSA) is 98.7 Å². The van der Waals surface area contributed by atoms with Crippen LogP contribution >= 0.6 is 0 Å². The van der Waals surface area contributed by atoms with Crippen molar-refractivity contribution in [3.63, 3.8) is 0 Å². The number of nitrogens with one attached hydrogen (secondary N) is 2. The van der Waals surface area contributed by atoms with Crippen LogP contribution < -0.4 is 15.5 Å². The van der Waals surface area contributed by atoms with Crippen LogP contribution in [0.5, 0.6) is 0 Å². The Morgan fingerprint density at radius 1 is 0.860 bits per heavy atom. The van der Waals surface area contributed by atoms with Crippen molar-refractivity contribution in [1.29, 1.82) is 0 Å². The van der Waals surface area contributed by atoms with E-state index in [9.17, 15) is 14.4 Å². The zero-order chi connectivity index (χ0) is 30.2. The molecule has 1 unspecified atom stereocenters. The Balaban J connectivity index is 1.34. The molecule has 43 heavy (non-hydrogen) atoms. The molecule has 1 aliphatic rings. The molecule has 0 radical (unpaired) electrons. The number of rotatable bonds is 10. The largest absolute Gasteiger partial charge is 0.481 e. The lowest BCUT2D eigenvalue weighted by Crippen LogP contribution is -2.40. The van der Waals surface area contributed by atoms with Gasteiger partial charge in [-0.05, 0) is 83.5 Å². The minimum absolute atomic E-state index is 0.0656. The zero-order valence-corrected chi connectivity index (χ0v) is 24.6. The average molecular weight is 578 g/mol. The fraction of sp³-hybridized carbons (Fsp3) is 0.306. The minimum atomic E-state index is -0.962. The van der Waals surface area contributed by atoms with E-state index in [1.165, 1.54) is 37.7 Å². The molecule has 3 amide bonds. The fourth-order valence-corrected chi connectivity index (χ4v) is 5.80. The number of hydrogen-bond donors (Lipinski definition) is 3. The number of anilines is 1. The summed E-state index contributed by atoms with van der Waals surface area (Å²) >= 11 is 0. The zero-order valence-electron chi connectivity index (χ0n) is 24.6. The van der Waals surface area contributed by atoms with Crippen molar-refractivity contribution in [1.82, 2.24) is 10.6 Å². The number of hydrogen-bond acceptors (Lipinski definition) is 3. The van der Waals surface area contributed by atoms with Gasteiger partial charge in [0, 0.05) is 17.8 Å². The van der Waals surface area contributed by atoms with Crippen molar-refractivity contribution in [2.75, 3.05) is 11.4 Å². The van der Waals surface area contributed by atoms with E-state index in [0.717, 1.165) is 27.6 Å². The van der Waals surface area contributed by atoms with E-state index >= 15 is 0 Å². The lowest BCUT2D eigenvalue weighted by atomic mass is 9.84. The van der Waals surface area contributed by atoms with E-state index in [0.29, 0.717) is 18.0 Å². The SMILES string of the molecule is CC(NC(=O)N(Cc1ccc(C(=O)NCCC(=O)O)cc1)c1ccc(C2CCCCC2)cc1)c1ccc2ccccc2c1. The normalized spacial score (nSPS) is 14.2. The summed E-state index contributed by atoms with van der Waals surface area (Å²) in [6, 6.07) is 29.4. The molecule has 1 aliphatic carbocycles. The molecule has 0 saturated heterocycles. The lowest BCUT2D eigenvalue weighted by molar-refractivity contribution is -0.136. The number of carbonyl (C=O) groups is 3. The van der Waals surface area contributed by atoms with Crippen LogP contribution in [-0.2, 0) is 11.3 Å². The maximum absolute atomic E-state index is 13.8. The van der Waals surface area contributed by atoms with Crippen molar-refractivity contribution in [2.24, 2.45) is 0 Å². The van der Waals surface area contributed by atoms with Crippen LogP contribution in [0.25, 0.3) is 10.8 Å². The van der Waals surface area contributed by atoms with Crippen molar-refractivity contribution >= 4 is 34.4 Å². The molecule has 3 N–H and O–H groups in total. The van der Waals surface area contributed by atoms with Crippen LogP contribution in [0.1, 0.15) is 84.5 Å². The van der Waals surface area contributed by atoms with Crippen molar-refractivity contribution in [3.8, 4) is 0 Å². The van der Waals surface area contributed by atoms with Gasteiger partial charge in [0.25, 0.3) is 5.91 Å². The summed E-state index contributed by atoms with van der Waals surface area (Å²) in [6.07, 6.45) is 6.13. The summed E-state index contributed by atoms with van der Waals surface area (Å²) in [6.45, 7) is 2.38. The monoisotopic (exact) mass is 577 g/mol. The second-order valence-electron chi connectivity index (χ2n) is 11.4. The smallest absolute Gasteiger partial charge is 0.322 e. The van der Waals surface area contributed by atoms with Crippen molar-refractivity contribution in [3.05, 3.63) is 113 Å². The first-order chi connectivity index (χ1) is 20.9.